The third-order valence-corrected chi connectivity index (χ3v) is 3.75. The molecule has 0 bridgehead atoms. The van der Waals surface area contributed by atoms with Crippen LogP contribution in [0.2, 0.25) is 0 Å². The zero-order chi connectivity index (χ0) is 13.4. The Labute approximate surface area is 111 Å². The van der Waals surface area contributed by atoms with Crippen molar-refractivity contribution in [2.45, 2.75) is 18.9 Å². The Morgan fingerprint density at radius 1 is 1.11 bits per heavy atom. The molecule has 1 amide bonds. The van der Waals surface area contributed by atoms with Gasteiger partial charge in [0.2, 0.25) is 0 Å². The van der Waals surface area contributed by atoms with Crippen LogP contribution < -0.4 is 5.32 Å². The highest BCUT2D eigenvalue weighted by atomic mass is 16.3. The van der Waals surface area contributed by atoms with Gasteiger partial charge in [-0.25, -0.2) is 0 Å². The van der Waals surface area contributed by atoms with E-state index in [4.69, 9.17) is 0 Å². The lowest BCUT2D eigenvalue weighted by molar-refractivity contribution is 0.0953. The highest BCUT2D eigenvalue weighted by Gasteiger charge is 2.32. The van der Waals surface area contributed by atoms with Crippen LogP contribution in [0.4, 0.5) is 0 Å². The van der Waals surface area contributed by atoms with Crippen LogP contribution in [0.3, 0.4) is 0 Å². The Balaban J connectivity index is 1.96. The molecular weight excluding hydrogens is 238 g/mol. The van der Waals surface area contributed by atoms with Crippen LogP contribution in [0.5, 0.6) is 5.75 Å². The maximum atomic E-state index is 11.9. The lowest BCUT2D eigenvalue weighted by atomic mass is 9.89. The molecule has 1 aliphatic rings. The Morgan fingerprint density at radius 2 is 1.79 bits per heavy atom. The van der Waals surface area contributed by atoms with Gasteiger partial charge in [0, 0.05) is 11.5 Å². The highest BCUT2D eigenvalue weighted by molar-refractivity contribution is 5.99. The largest absolute Gasteiger partial charge is 0.508 e. The predicted molar refractivity (Wildman–Crippen MR) is 73.2 cm³/mol. The van der Waals surface area contributed by atoms with Gasteiger partial charge in [-0.1, -0.05) is 37.3 Å². The van der Waals surface area contributed by atoms with Crippen molar-refractivity contribution in [3.05, 3.63) is 65.2 Å². The summed E-state index contributed by atoms with van der Waals surface area (Å²) in [6.07, 6.45) is 0. The molecule has 96 valence electrons. The van der Waals surface area contributed by atoms with Crippen LogP contribution in [0.1, 0.15) is 40.4 Å². The van der Waals surface area contributed by atoms with E-state index in [1.54, 1.807) is 12.1 Å². The van der Waals surface area contributed by atoms with Crippen molar-refractivity contribution in [1.82, 2.24) is 5.32 Å². The van der Waals surface area contributed by atoms with Crippen LogP contribution in [-0.4, -0.2) is 11.0 Å². The van der Waals surface area contributed by atoms with Crippen molar-refractivity contribution < 1.29 is 9.90 Å². The summed E-state index contributed by atoms with van der Waals surface area (Å²) in [5.41, 5.74) is 2.91. The van der Waals surface area contributed by atoms with E-state index in [-0.39, 0.29) is 23.6 Å². The third kappa shape index (κ3) is 1.97. The smallest absolute Gasteiger partial charge is 0.252 e. The summed E-state index contributed by atoms with van der Waals surface area (Å²) < 4.78 is 0. The van der Waals surface area contributed by atoms with Crippen molar-refractivity contribution in [2.24, 2.45) is 0 Å². The molecule has 3 nitrogen and oxygen atoms in total. The topological polar surface area (TPSA) is 49.3 Å². The molecule has 2 aromatic rings. The molecule has 2 atom stereocenters. The number of rotatable bonds is 2. The lowest BCUT2D eigenvalue weighted by Gasteiger charge is -2.20. The summed E-state index contributed by atoms with van der Waals surface area (Å²) in [6.45, 7) is 2.08. The van der Waals surface area contributed by atoms with E-state index in [1.807, 2.05) is 36.4 Å². The minimum Gasteiger partial charge on any atom is -0.508 e. The standard InChI is InChI=1S/C16H15NO2/c1-10(11-6-8-12(18)9-7-11)15-13-4-2-3-5-14(13)16(19)17-15/h2-10,15,18H,1H3,(H,17,19). The molecule has 0 saturated carbocycles. The lowest BCUT2D eigenvalue weighted by Crippen LogP contribution is -2.23. The average molecular weight is 253 g/mol. The van der Waals surface area contributed by atoms with Gasteiger partial charge in [0.15, 0.2) is 0 Å². The molecule has 1 heterocycles. The number of nitrogens with one attached hydrogen (secondary N) is 1. The van der Waals surface area contributed by atoms with Gasteiger partial charge in [-0.05, 0) is 29.3 Å². The maximum absolute atomic E-state index is 11.9. The Hall–Kier alpha value is -2.29. The number of phenols is 1. The van der Waals surface area contributed by atoms with Crippen LogP contribution >= 0.6 is 0 Å². The number of hydrogen-bond donors (Lipinski definition) is 2. The first-order valence-electron chi connectivity index (χ1n) is 6.35. The van der Waals surface area contributed by atoms with Crippen molar-refractivity contribution in [3.63, 3.8) is 0 Å². The number of amides is 1. The second-order valence-electron chi connectivity index (χ2n) is 4.92. The SMILES string of the molecule is CC(c1ccc(O)cc1)C1NC(=O)c2ccccc21. The van der Waals surface area contributed by atoms with E-state index in [1.165, 1.54) is 0 Å². The molecule has 0 radical (unpaired) electrons. The fourth-order valence-corrected chi connectivity index (χ4v) is 2.64. The van der Waals surface area contributed by atoms with E-state index < -0.39 is 0 Å². The van der Waals surface area contributed by atoms with E-state index in [2.05, 4.69) is 12.2 Å². The normalized spacial score (nSPS) is 18.8. The van der Waals surface area contributed by atoms with Gasteiger partial charge >= 0.3 is 0 Å². The molecule has 0 aromatic heterocycles. The number of fused-ring (bicyclic) bond motifs is 1. The molecule has 0 fully saturated rings. The van der Waals surface area contributed by atoms with Gasteiger partial charge in [0.25, 0.3) is 5.91 Å². The summed E-state index contributed by atoms with van der Waals surface area (Å²) in [5, 5.41) is 12.4. The highest BCUT2D eigenvalue weighted by Crippen LogP contribution is 2.36. The summed E-state index contributed by atoms with van der Waals surface area (Å²) in [4.78, 5) is 11.9. The Kier molecular flexibility index (Phi) is 2.75. The molecular formula is C16H15NO2. The second-order valence-corrected chi connectivity index (χ2v) is 4.92. The van der Waals surface area contributed by atoms with Crippen molar-refractivity contribution in [3.8, 4) is 5.75 Å². The predicted octanol–water partition coefficient (Wildman–Crippen LogP) is 2.98. The molecule has 0 aliphatic carbocycles. The van der Waals surface area contributed by atoms with Crippen LogP contribution in [0, 0.1) is 0 Å². The quantitative estimate of drug-likeness (QED) is 0.864. The molecule has 3 rings (SSSR count). The fraction of sp³-hybridized carbons (Fsp3) is 0.188. The minimum atomic E-state index is -0.00812. The average Bonchev–Trinajstić information content (AvgIpc) is 2.77. The number of benzene rings is 2. The number of carbonyl (C=O) groups is 1. The van der Waals surface area contributed by atoms with Gasteiger partial charge in [-0.15, -0.1) is 0 Å². The van der Waals surface area contributed by atoms with Gasteiger partial charge in [0.05, 0.1) is 6.04 Å². The monoisotopic (exact) mass is 253 g/mol. The first-order valence-corrected chi connectivity index (χ1v) is 6.35. The van der Waals surface area contributed by atoms with Crippen molar-refractivity contribution in [2.75, 3.05) is 0 Å². The number of hydrogen-bond acceptors (Lipinski definition) is 2. The number of aromatic hydroxyl groups is 1. The molecule has 0 spiro atoms. The minimum absolute atomic E-state index is 0.00626. The fourth-order valence-electron chi connectivity index (χ4n) is 2.64. The maximum Gasteiger partial charge on any atom is 0.252 e. The summed E-state index contributed by atoms with van der Waals surface area (Å²) >= 11 is 0. The van der Waals surface area contributed by atoms with Crippen molar-refractivity contribution in [1.29, 1.82) is 0 Å². The molecule has 1 aliphatic heterocycles. The van der Waals surface area contributed by atoms with Gasteiger partial charge in [0.1, 0.15) is 5.75 Å². The van der Waals surface area contributed by atoms with Gasteiger partial charge < -0.3 is 10.4 Å². The van der Waals surface area contributed by atoms with E-state index in [0.717, 1.165) is 16.7 Å². The number of phenolic OH excluding ortho intramolecular Hbond substituents is 1. The molecule has 2 aromatic carbocycles. The zero-order valence-electron chi connectivity index (χ0n) is 10.6. The van der Waals surface area contributed by atoms with Crippen LogP contribution in [0.15, 0.2) is 48.5 Å². The van der Waals surface area contributed by atoms with Gasteiger partial charge in [-0.3, -0.25) is 4.79 Å². The van der Waals surface area contributed by atoms with Crippen molar-refractivity contribution >= 4 is 5.91 Å². The zero-order valence-corrected chi connectivity index (χ0v) is 10.6. The summed E-state index contributed by atoms with van der Waals surface area (Å²) in [5.74, 6) is 0.409. The molecule has 3 heteroatoms. The van der Waals surface area contributed by atoms with E-state index in [9.17, 15) is 9.90 Å². The molecule has 19 heavy (non-hydrogen) atoms. The first-order chi connectivity index (χ1) is 9.16. The van der Waals surface area contributed by atoms with E-state index >= 15 is 0 Å². The molecule has 2 unspecified atom stereocenters. The summed E-state index contributed by atoms with van der Waals surface area (Å²) in [7, 11) is 0. The Bertz CT molecular complexity index is 619. The summed E-state index contributed by atoms with van der Waals surface area (Å²) in [6, 6.07) is 14.8. The third-order valence-electron chi connectivity index (χ3n) is 3.75. The second kappa shape index (κ2) is 4.43. The molecule has 0 saturated heterocycles. The Morgan fingerprint density at radius 3 is 2.53 bits per heavy atom. The number of carbonyl (C=O) groups excluding carboxylic acids is 1. The van der Waals surface area contributed by atoms with Gasteiger partial charge in [-0.2, -0.15) is 0 Å². The van der Waals surface area contributed by atoms with E-state index in [0.29, 0.717) is 0 Å². The van der Waals surface area contributed by atoms with Crippen LogP contribution in [0.25, 0.3) is 0 Å². The molecule has 2 N–H and O–H groups in total. The van der Waals surface area contributed by atoms with Crippen LogP contribution in [-0.2, 0) is 0 Å². The first kappa shape index (κ1) is 11.8.